The average molecular weight is 341 g/mol. The topological polar surface area (TPSA) is 107 Å². The molecule has 0 saturated heterocycles. The Morgan fingerprint density at radius 2 is 2.00 bits per heavy atom. The molecule has 8 heteroatoms. The summed E-state index contributed by atoms with van der Waals surface area (Å²) in [5.74, 6) is 0.381. The van der Waals surface area contributed by atoms with Gasteiger partial charge in [-0.3, -0.25) is 10.1 Å². The third-order valence-electron chi connectivity index (χ3n) is 3.87. The van der Waals surface area contributed by atoms with E-state index in [0.29, 0.717) is 17.1 Å². The van der Waals surface area contributed by atoms with E-state index in [4.69, 9.17) is 4.74 Å². The van der Waals surface area contributed by atoms with E-state index < -0.39 is 10.9 Å². The first-order valence-corrected chi connectivity index (χ1v) is 7.36. The Hall–Kier alpha value is -3.42. The van der Waals surface area contributed by atoms with Crippen LogP contribution in [-0.2, 0) is 4.74 Å². The number of nitrogens with zero attached hydrogens (tertiary/aromatic N) is 2. The largest absolute Gasteiger partial charge is 0.496 e. The number of hydrogen-bond acceptors (Lipinski definition) is 6. The fourth-order valence-electron chi connectivity index (χ4n) is 2.62. The summed E-state index contributed by atoms with van der Waals surface area (Å²) in [6.07, 6.45) is 0. The number of nitro groups is 1. The first kappa shape index (κ1) is 16.4. The Balaban J connectivity index is 2.16. The fourth-order valence-corrected chi connectivity index (χ4v) is 2.62. The number of esters is 1. The number of aryl methyl sites for hydroxylation is 1. The number of carbonyl (C=O) groups is 1. The molecule has 128 valence electrons. The molecule has 3 aromatic rings. The molecule has 0 aliphatic rings. The number of nitro benzene ring substituents is 1. The summed E-state index contributed by atoms with van der Waals surface area (Å²) in [6.45, 7) is 1.90. The van der Waals surface area contributed by atoms with E-state index in [-0.39, 0.29) is 16.8 Å². The Kier molecular flexibility index (Phi) is 4.10. The van der Waals surface area contributed by atoms with E-state index in [1.54, 1.807) is 13.2 Å². The third kappa shape index (κ3) is 2.89. The van der Waals surface area contributed by atoms with Gasteiger partial charge in [-0.25, -0.2) is 9.78 Å². The fraction of sp³-hybridized carbons (Fsp3) is 0.176. The number of ether oxygens (including phenoxy) is 2. The van der Waals surface area contributed by atoms with Crippen molar-refractivity contribution < 1.29 is 19.2 Å². The number of fused-ring (bicyclic) bond motifs is 1. The van der Waals surface area contributed by atoms with E-state index in [1.807, 2.05) is 13.0 Å². The second-order valence-electron chi connectivity index (χ2n) is 5.41. The zero-order valence-electron chi connectivity index (χ0n) is 13.8. The summed E-state index contributed by atoms with van der Waals surface area (Å²) in [4.78, 5) is 30.0. The Bertz CT molecular complexity index is 993. The lowest BCUT2D eigenvalue weighted by molar-refractivity contribution is -0.384. The Morgan fingerprint density at radius 1 is 1.24 bits per heavy atom. The molecule has 0 saturated carbocycles. The van der Waals surface area contributed by atoms with Gasteiger partial charge in [0, 0.05) is 12.1 Å². The second-order valence-corrected chi connectivity index (χ2v) is 5.41. The van der Waals surface area contributed by atoms with Crippen molar-refractivity contribution in [3.05, 3.63) is 51.6 Å². The molecule has 0 aliphatic heterocycles. The van der Waals surface area contributed by atoms with Gasteiger partial charge in [0.25, 0.3) is 5.69 Å². The van der Waals surface area contributed by atoms with Crippen molar-refractivity contribution >= 4 is 22.7 Å². The molecule has 0 spiro atoms. The number of benzene rings is 2. The molecule has 0 atom stereocenters. The molecule has 8 nitrogen and oxygen atoms in total. The number of aromatic amines is 1. The van der Waals surface area contributed by atoms with Crippen molar-refractivity contribution in [1.29, 1.82) is 0 Å². The Morgan fingerprint density at radius 3 is 2.64 bits per heavy atom. The van der Waals surface area contributed by atoms with Gasteiger partial charge in [0.1, 0.15) is 11.6 Å². The van der Waals surface area contributed by atoms with Gasteiger partial charge in [0.2, 0.25) is 0 Å². The zero-order valence-corrected chi connectivity index (χ0v) is 13.8. The lowest BCUT2D eigenvalue weighted by atomic mass is 10.1. The number of aromatic nitrogens is 2. The average Bonchev–Trinajstić information content (AvgIpc) is 3.02. The molecule has 0 aliphatic carbocycles. The molecule has 0 radical (unpaired) electrons. The van der Waals surface area contributed by atoms with Crippen LogP contribution >= 0.6 is 0 Å². The van der Waals surface area contributed by atoms with Crippen molar-refractivity contribution in [1.82, 2.24) is 9.97 Å². The lowest BCUT2D eigenvalue weighted by Crippen LogP contribution is -2.03. The summed E-state index contributed by atoms with van der Waals surface area (Å²) in [7, 11) is 2.79. The van der Waals surface area contributed by atoms with Gasteiger partial charge in [0.05, 0.1) is 41.3 Å². The molecular weight excluding hydrogens is 326 g/mol. The van der Waals surface area contributed by atoms with Crippen LogP contribution in [0.15, 0.2) is 30.3 Å². The first-order chi connectivity index (χ1) is 11.9. The highest BCUT2D eigenvalue weighted by molar-refractivity contribution is 5.92. The number of H-pyrrole nitrogens is 1. The quantitative estimate of drug-likeness (QED) is 0.443. The summed E-state index contributed by atoms with van der Waals surface area (Å²) < 4.78 is 9.88. The zero-order chi connectivity index (χ0) is 18.1. The lowest BCUT2D eigenvalue weighted by Gasteiger charge is -2.03. The third-order valence-corrected chi connectivity index (χ3v) is 3.87. The number of methoxy groups -OCH3 is 2. The van der Waals surface area contributed by atoms with Crippen LogP contribution in [-0.4, -0.2) is 35.1 Å². The minimum atomic E-state index is -0.639. The first-order valence-electron chi connectivity index (χ1n) is 7.36. The molecule has 1 aromatic heterocycles. The number of hydrogen-bond donors (Lipinski definition) is 1. The second kappa shape index (κ2) is 6.23. The van der Waals surface area contributed by atoms with Crippen LogP contribution in [0.3, 0.4) is 0 Å². The van der Waals surface area contributed by atoms with Crippen molar-refractivity contribution in [3.8, 4) is 17.1 Å². The maximum Gasteiger partial charge on any atom is 0.338 e. The Labute approximate surface area is 142 Å². The van der Waals surface area contributed by atoms with E-state index in [2.05, 4.69) is 14.7 Å². The number of imidazole rings is 1. The number of carbonyl (C=O) groups excluding carboxylic acids is 1. The van der Waals surface area contributed by atoms with E-state index >= 15 is 0 Å². The molecular formula is C17H15N3O5. The monoisotopic (exact) mass is 341 g/mol. The van der Waals surface area contributed by atoms with Gasteiger partial charge in [-0.2, -0.15) is 0 Å². The minimum Gasteiger partial charge on any atom is -0.496 e. The van der Waals surface area contributed by atoms with Crippen LogP contribution in [0.4, 0.5) is 5.69 Å². The van der Waals surface area contributed by atoms with E-state index in [9.17, 15) is 14.9 Å². The molecule has 1 N–H and O–H groups in total. The summed E-state index contributed by atoms with van der Waals surface area (Å²) in [5.41, 5.74) is 2.44. The SMILES string of the molecule is COC(=O)c1ccc(-c2nc3cc(OC)c(C)cc3[nH]2)c([N+](=O)[O-])c1. The van der Waals surface area contributed by atoms with Crippen LogP contribution in [0.1, 0.15) is 15.9 Å². The highest BCUT2D eigenvalue weighted by Crippen LogP contribution is 2.32. The van der Waals surface area contributed by atoms with E-state index in [0.717, 1.165) is 11.1 Å². The summed E-state index contributed by atoms with van der Waals surface area (Å²) >= 11 is 0. The predicted molar refractivity (Wildman–Crippen MR) is 90.8 cm³/mol. The van der Waals surface area contributed by atoms with Gasteiger partial charge in [-0.15, -0.1) is 0 Å². The van der Waals surface area contributed by atoms with Gasteiger partial charge >= 0.3 is 5.97 Å². The van der Waals surface area contributed by atoms with Crippen molar-refractivity contribution in [2.75, 3.05) is 14.2 Å². The highest BCUT2D eigenvalue weighted by Gasteiger charge is 2.21. The van der Waals surface area contributed by atoms with Gasteiger partial charge in [0.15, 0.2) is 0 Å². The van der Waals surface area contributed by atoms with E-state index in [1.165, 1.54) is 25.3 Å². The number of nitrogens with one attached hydrogen (secondary N) is 1. The smallest absolute Gasteiger partial charge is 0.338 e. The van der Waals surface area contributed by atoms with Crippen molar-refractivity contribution in [2.24, 2.45) is 0 Å². The molecule has 1 heterocycles. The molecule has 0 unspecified atom stereocenters. The normalized spacial score (nSPS) is 10.7. The predicted octanol–water partition coefficient (Wildman–Crippen LogP) is 3.24. The van der Waals surface area contributed by atoms with Crippen molar-refractivity contribution in [2.45, 2.75) is 6.92 Å². The van der Waals surface area contributed by atoms with Crippen LogP contribution < -0.4 is 4.74 Å². The summed E-state index contributed by atoms with van der Waals surface area (Å²) in [5, 5.41) is 11.4. The van der Waals surface area contributed by atoms with Gasteiger partial charge < -0.3 is 14.5 Å². The highest BCUT2D eigenvalue weighted by atomic mass is 16.6. The molecule has 25 heavy (non-hydrogen) atoms. The molecule has 0 fully saturated rings. The maximum atomic E-state index is 11.6. The molecule has 2 aromatic carbocycles. The molecule has 3 rings (SSSR count). The van der Waals surface area contributed by atoms with Crippen LogP contribution in [0.2, 0.25) is 0 Å². The van der Waals surface area contributed by atoms with Crippen LogP contribution in [0.25, 0.3) is 22.4 Å². The van der Waals surface area contributed by atoms with Gasteiger partial charge in [-0.05, 0) is 30.7 Å². The van der Waals surface area contributed by atoms with Crippen LogP contribution in [0.5, 0.6) is 5.75 Å². The standard InChI is InChI=1S/C17H15N3O5/c1-9-6-12-13(8-15(9)24-2)19-16(18-12)11-5-4-10(17(21)25-3)7-14(11)20(22)23/h4-8H,1-3H3,(H,18,19). The van der Waals surface area contributed by atoms with Crippen molar-refractivity contribution in [3.63, 3.8) is 0 Å². The van der Waals surface area contributed by atoms with Gasteiger partial charge in [-0.1, -0.05) is 0 Å². The van der Waals surface area contributed by atoms with Crippen LogP contribution in [0, 0.1) is 17.0 Å². The minimum absolute atomic E-state index is 0.103. The summed E-state index contributed by atoms with van der Waals surface area (Å²) in [6, 6.07) is 7.75. The molecule has 0 bridgehead atoms. The maximum absolute atomic E-state index is 11.6. The molecule has 0 amide bonds. The number of rotatable bonds is 4.